The standard InChI is InChI=1S/C39H72N2O15/c1-3-5-12-41-38(43)9-8-37(42)7-6-13-45-15-17-47-19-21-49-23-25-51-27-29-53-31-33-55-35-36-56-34-32-54-30-28-52-26-24-50-22-20-48-18-16-46-14-10-39(44)40-11-4-2/h2H,3,5-36H2,1H3,(H,40,44)(H,41,43). The average Bonchev–Trinajstić information content (AvgIpc) is 3.20. The van der Waals surface area contributed by atoms with Gasteiger partial charge in [0.1, 0.15) is 5.78 Å². The molecule has 0 heterocycles. The molecule has 0 fully saturated rings. The smallest absolute Gasteiger partial charge is 0.223 e. The van der Waals surface area contributed by atoms with E-state index in [-0.39, 0.29) is 43.4 Å². The highest BCUT2D eigenvalue weighted by Gasteiger charge is 2.07. The van der Waals surface area contributed by atoms with Crippen LogP contribution >= 0.6 is 0 Å². The van der Waals surface area contributed by atoms with E-state index in [1.807, 2.05) is 0 Å². The Hall–Kier alpha value is -2.31. The van der Waals surface area contributed by atoms with E-state index in [0.29, 0.717) is 178 Å². The molecule has 17 heteroatoms. The summed E-state index contributed by atoms with van der Waals surface area (Å²) in [6.45, 7) is 14.1. The summed E-state index contributed by atoms with van der Waals surface area (Å²) in [5.41, 5.74) is 0. The number of carbonyl (C=O) groups is 3. The first-order valence-electron chi connectivity index (χ1n) is 20.0. The Morgan fingerprint density at radius 1 is 0.393 bits per heavy atom. The van der Waals surface area contributed by atoms with Crippen molar-refractivity contribution in [3.8, 4) is 12.3 Å². The Kier molecular flexibility index (Phi) is 45.1. The Balaban J connectivity index is 3.14. The van der Waals surface area contributed by atoms with E-state index in [0.717, 1.165) is 12.8 Å². The summed E-state index contributed by atoms with van der Waals surface area (Å²) in [4.78, 5) is 34.8. The topological polar surface area (TPSA) is 186 Å². The number of carbonyl (C=O) groups excluding carboxylic acids is 3. The van der Waals surface area contributed by atoms with Crippen molar-refractivity contribution >= 4 is 17.6 Å². The van der Waals surface area contributed by atoms with Gasteiger partial charge in [0.05, 0.1) is 159 Å². The second-order valence-electron chi connectivity index (χ2n) is 11.9. The number of amides is 2. The van der Waals surface area contributed by atoms with Crippen LogP contribution < -0.4 is 10.6 Å². The third-order valence-electron chi connectivity index (χ3n) is 7.18. The first kappa shape index (κ1) is 53.7. The fourth-order valence-corrected chi connectivity index (χ4v) is 4.17. The first-order valence-corrected chi connectivity index (χ1v) is 20.0. The molecule has 0 saturated heterocycles. The molecule has 56 heavy (non-hydrogen) atoms. The summed E-state index contributed by atoms with van der Waals surface area (Å²) in [6, 6.07) is 0. The van der Waals surface area contributed by atoms with E-state index < -0.39 is 0 Å². The monoisotopic (exact) mass is 808 g/mol. The van der Waals surface area contributed by atoms with Crippen LogP contribution in [0.1, 0.15) is 51.9 Å². The lowest BCUT2D eigenvalue weighted by atomic mass is 10.1. The minimum atomic E-state index is -0.130. The maximum absolute atomic E-state index is 11.9. The number of rotatable bonds is 47. The molecular formula is C39H72N2O15. The van der Waals surface area contributed by atoms with Gasteiger partial charge in [-0.2, -0.15) is 0 Å². The van der Waals surface area contributed by atoms with Crippen molar-refractivity contribution in [1.82, 2.24) is 10.6 Å². The molecular weight excluding hydrogens is 736 g/mol. The maximum atomic E-state index is 11.9. The molecule has 0 unspecified atom stereocenters. The van der Waals surface area contributed by atoms with Gasteiger partial charge in [-0.3, -0.25) is 14.4 Å². The molecule has 17 nitrogen and oxygen atoms in total. The average molecular weight is 809 g/mol. The van der Waals surface area contributed by atoms with E-state index >= 15 is 0 Å². The van der Waals surface area contributed by atoms with Crippen LogP contribution in [0.2, 0.25) is 0 Å². The van der Waals surface area contributed by atoms with E-state index in [4.69, 9.17) is 63.3 Å². The zero-order chi connectivity index (χ0) is 40.7. The maximum Gasteiger partial charge on any atom is 0.223 e. The number of Topliss-reactive ketones (excluding diaryl/α,β-unsaturated/α-hetero) is 1. The zero-order valence-electron chi connectivity index (χ0n) is 34.0. The van der Waals surface area contributed by atoms with Crippen molar-refractivity contribution in [3.63, 3.8) is 0 Å². The molecule has 0 aromatic heterocycles. The minimum absolute atomic E-state index is 0.0583. The van der Waals surface area contributed by atoms with Crippen LogP contribution in [0.15, 0.2) is 0 Å². The van der Waals surface area contributed by atoms with Crippen LogP contribution in [-0.2, 0) is 71.2 Å². The van der Waals surface area contributed by atoms with Crippen LogP contribution in [0.3, 0.4) is 0 Å². The molecule has 0 atom stereocenters. The van der Waals surface area contributed by atoms with Crippen molar-refractivity contribution in [2.45, 2.75) is 51.9 Å². The highest BCUT2D eigenvalue weighted by atomic mass is 16.6. The van der Waals surface area contributed by atoms with E-state index in [9.17, 15) is 14.4 Å². The predicted octanol–water partition coefficient (Wildman–Crippen LogP) is 1.37. The number of ketones is 1. The molecule has 0 aromatic carbocycles. The zero-order valence-corrected chi connectivity index (χ0v) is 34.0. The summed E-state index contributed by atoms with van der Waals surface area (Å²) in [6.07, 6.45) is 8.93. The number of hydrogen-bond donors (Lipinski definition) is 2. The molecule has 0 bridgehead atoms. The van der Waals surface area contributed by atoms with Crippen molar-refractivity contribution < 1.29 is 71.2 Å². The molecule has 0 aliphatic rings. The van der Waals surface area contributed by atoms with Gasteiger partial charge in [-0.05, 0) is 12.8 Å². The molecule has 0 aliphatic carbocycles. The lowest BCUT2D eigenvalue weighted by Gasteiger charge is -2.09. The molecule has 0 saturated carbocycles. The molecule has 0 spiro atoms. The van der Waals surface area contributed by atoms with Crippen molar-refractivity contribution in [2.75, 3.05) is 172 Å². The quantitative estimate of drug-likeness (QED) is 0.0663. The fourth-order valence-electron chi connectivity index (χ4n) is 4.17. The van der Waals surface area contributed by atoms with Gasteiger partial charge in [-0.1, -0.05) is 19.3 Å². The van der Waals surface area contributed by atoms with Gasteiger partial charge in [0.25, 0.3) is 0 Å². The number of terminal acetylenes is 1. The van der Waals surface area contributed by atoms with Crippen LogP contribution in [0.4, 0.5) is 0 Å². The summed E-state index contributed by atoms with van der Waals surface area (Å²) in [7, 11) is 0. The molecule has 328 valence electrons. The van der Waals surface area contributed by atoms with Gasteiger partial charge in [0.15, 0.2) is 0 Å². The molecule has 0 radical (unpaired) electrons. The SMILES string of the molecule is C#CCNC(=O)CCOCCOCCOCCOCCOCCOCCOCCOCCOCCOCCOCCOCCCC(=O)CCC(=O)NCCCC. The summed E-state index contributed by atoms with van der Waals surface area (Å²) in [5, 5.41) is 5.39. The first-order chi connectivity index (χ1) is 27.6. The third-order valence-corrected chi connectivity index (χ3v) is 7.18. The van der Waals surface area contributed by atoms with Crippen LogP contribution in [-0.4, -0.2) is 189 Å². The van der Waals surface area contributed by atoms with Gasteiger partial charge < -0.3 is 67.5 Å². The fraction of sp³-hybridized carbons (Fsp3) is 0.872. The molecule has 0 aromatic rings. The minimum Gasteiger partial charge on any atom is -0.379 e. The van der Waals surface area contributed by atoms with Gasteiger partial charge >= 0.3 is 0 Å². The van der Waals surface area contributed by atoms with E-state index in [1.165, 1.54) is 0 Å². The Labute approximate surface area is 335 Å². The summed E-state index contributed by atoms with van der Waals surface area (Å²) in [5.74, 6) is 2.24. The number of ether oxygens (including phenoxy) is 12. The van der Waals surface area contributed by atoms with Gasteiger partial charge in [0, 0.05) is 38.8 Å². The number of unbranched alkanes of at least 4 members (excludes halogenated alkanes) is 1. The van der Waals surface area contributed by atoms with Crippen LogP contribution in [0.5, 0.6) is 0 Å². The van der Waals surface area contributed by atoms with Crippen molar-refractivity contribution in [1.29, 1.82) is 0 Å². The summed E-state index contributed by atoms with van der Waals surface area (Å²) < 4.78 is 65.5. The van der Waals surface area contributed by atoms with Crippen LogP contribution in [0.25, 0.3) is 0 Å². The normalized spacial score (nSPS) is 11.1. The van der Waals surface area contributed by atoms with Gasteiger partial charge in [-0.15, -0.1) is 6.42 Å². The number of hydrogen-bond acceptors (Lipinski definition) is 15. The summed E-state index contributed by atoms with van der Waals surface area (Å²) >= 11 is 0. The molecule has 2 amide bonds. The van der Waals surface area contributed by atoms with Crippen molar-refractivity contribution in [3.05, 3.63) is 0 Å². The third kappa shape index (κ3) is 46.1. The molecule has 2 N–H and O–H groups in total. The van der Waals surface area contributed by atoms with E-state index in [2.05, 4.69) is 23.5 Å². The lowest BCUT2D eigenvalue weighted by molar-refractivity contribution is -0.125. The molecule has 0 aliphatic heterocycles. The second-order valence-corrected chi connectivity index (χ2v) is 11.9. The highest BCUT2D eigenvalue weighted by Crippen LogP contribution is 2.00. The Morgan fingerprint density at radius 2 is 0.714 bits per heavy atom. The highest BCUT2D eigenvalue weighted by molar-refractivity contribution is 5.84. The second kappa shape index (κ2) is 47.1. The van der Waals surface area contributed by atoms with Gasteiger partial charge in [-0.25, -0.2) is 0 Å². The molecule has 0 rings (SSSR count). The predicted molar refractivity (Wildman–Crippen MR) is 208 cm³/mol. The number of nitrogens with one attached hydrogen (secondary N) is 2. The van der Waals surface area contributed by atoms with E-state index in [1.54, 1.807) is 0 Å². The lowest BCUT2D eigenvalue weighted by Crippen LogP contribution is -2.24. The Morgan fingerprint density at radius 3 is 1.05 bits per heavy atom. The van der Waals surface area contributed by atoms with Gasteiger partial charge in [0.2, 0.25) is 11.8 Å². The van der Waals surface area contributed by atoms with Crippen LogP contribution in [0, 0.1) is 12.3 Å². The van der Waals surface area contributed by atoms with Crippen molar-refractivity contribution in [2.24, 2.45) is 0 Å². The Bertz CT molecular complexity index is 910. The largest absolute Gasteiger partial charge is 0.379 e.